The highest BCUT2D eigenvalue weighted by Gasteiger charge is 2.46. The normalized spacial score (nSPS) is 29.6. The first-order valence-electron chi connectivity index (χ1n) is 42.2. The predicted octanol–water partition coefficient (Wildman–Crippen LogP) is 10.4. The number of carbonyl (C=O) groups is 5. The van der Waals surface area contributed by atoms with Crippen molar-refractivity contribution in [1.82, 2.24) is 0 Å². The second-order valence-electron chi connectivity index (χ2n) is 33.0. The zero-order chi connectivity index (χ0) is 79.2. The van der Waals surface area contributed by atoms with Crippen LogP contribution in [0.2, 0.25) is 0 Å². The van der Waals surface area contributed by atoms with Crippen molar-refractivity contribution in [1.29, 1.82) is 0 Å². The van der Waals surface area contributed by atoms with Gasteiger partial charge in [-0.05, 0) is 227 Å². The van der Waals surface area contributed by atoms with Crippen LogP contribution < -0.4 is 0 Å². The summed E-state index contributed by atoms with van der Waals surface area (Å²) in [4.78, 5) is 70.8. The number of hydrogen-bond acceptors (Lipinski definition) is 30. The average Bonchev–Trinajstić information content (AvgIpc) is 0.826. The van der Waals surface area contributed by atoms with Crippen LogP contribution >= 0.6 is 0 Å². The fourth-order valence-electron chi connectivity index (χ4n) is 13.8. The third-order valence-corrected chi connectivity index (χ3v) is 21.7. The maximum Gasteiger partial charge on any atom is 0.317 e. The number of carboxylic acids is 1. The van der Waals surface area contributed by atoms with Gasteiger partial charge in [-0.2, -0.15) is 0 Å². The molecule has 10 saturated heterocycles. The number of carbonyl (C=O) groups excluding carboxylic acids is 4. The lowest BCUT2D eigenvalue weighted by Gasteiger charge is -2.35. The average molecular weight is 1610 g/mol. The largest absolute Gasteiger partial charge is 0.481 e. The van der Waals surface area contributed by atoms with Crippen molar-refractivity contribution in [2.45, 2.75) is 302 Å². The van der Waals surface area contributed by atoms with Gasteiger partial charge >= 0.3 is 29.8 Å². The minimum atomic E-state index is -1.43. The molecule has 10 fully saturated rings. The number of esters is 4. The number of hydrogen-bond donors (Lipinski definition) is 1. The summed E-state index contributed by atoms with van der Waals surface area (Å²) in [6.07, 6.45) is 18.1. The quantitative estimate of drug-likeness (QED) is 0.0437. The van der Waals surface area contributed by atoms with Crippen LogP contribution in [0.5, 0.6) is 0 Å². The molecule has 0 bridgehead atoms. The molecule has 0 spiro atoms. The van der Waals surface area contributed by atoms with Crippen molar-refractivity contribution in [2.24, 2.45) is 27.1 Å². The molecule has 0 aromatic rings. The van der Waals surface area contributed by atoms with E-state index in [1.54, 1.807) is 34.6 Å². The van der Waals surface area contributed by atoms with Gasteiger partial charge < -0.3 is 124 Å². The Bertz CT molecular complexity index is 2360. The lowest BCUT2D eigenvalue weighted by atomic mass is 9.92. The maximum absolute atomic E-state index is 15.0. The van der Waals surface area contributed by atoms with Crippen LogP contribution in [-0.4, -0.2) is 269 Å². The lowest BCUT2D eigenvalue weighted by Crippen LogP contribution is -2.47. The minimum absolute atomic E-state index is 0.0831. The Morgan fingerprint density at radius 2 is 0.429 bits per heavy atom. The molecule has 10 rings (SSSR count). The maximum atomic E-state index is 15.0. The molecule has 10 heterocycles. The van der Waals surface area contributed by atoms with E-state index >= 15 is 0 Å². The van der Waals surface area contributed by atoms with E-state index in [9.17, 15) is 29.1 Å². The van der Waals surface area contributed by atoms with Crippen molar-refractivity contribution in [3.8, 4) is 0 Å². The number of rotatable bonds is 45. The predicted molar refractivity (Wildman–Crippen MR) is 396 cm³/mol. The second kappa shape index (κ2) is 49.8. The minimum Gasteiger partial charge on any atom is -0.481 e. The van der Waals surface area contributed by atoms with Gasteiger partial charge in [-0.25, -0.2) is 0 Å². The van der Waals surface area contributed by atoms with Gasteiger partial charge in [0.05, 0.1) is 79.3 Å². The fourth-order valence-corrected chi connectivity index (χ4v) is 13.8. The van der Waals surface area contributed by atoms with Crippen LogP contribution in [0.4, 0.5) is 0 Å². The molecular formula is C81H136O31. The van der Waals surface area contributed by atoms with E-state index in [-0.39, 0.29) is 78.6 Å². The van der Waals surface area contributed by atoms with E-state index in [4.69, 9.17) is 118 Å². The monoisotopic (exact) mass is 1600 g/mol. The molecule has 10 aliphatic rings. The molecule has 0 radical (unpaired) electrons. The Morgan fingerprint density at radius 3 is 0.589 bits per heavy atom. The summed E-state index contributed by atoms with van der Waals surface area (Å²) in [5.41, 5.74) is -6.70. The highest BCUT2D eigenvalue weighted by molar-refractivity contribution is 5.79. The van der Waals surface area contributed by atoms with Gasteiger partial charge in [0.1, 0.15) is 40.3 Å². The Labute approximate surface area is 662 Å². The van der Waals surface area contributed by atoms with Crippen molar-refractivity contribution >= 4 is 29.8 Å². The SMILES string of the molecule is CC(COC1CCCCO1)(COC1CCCCO1)C(=O)O.CC(COC1CCCCO1)(COC1CCCCO1)C(=O)OCC(COCC(COC(=O)C(C)(COC1CCCCO1)COC1CCCCO1)OC(=O)C(C)(COC1CCCCO1)COC1CCCCO1)OC(=O)C(C)(COC1CCCCO1)COC1CCCCO1. The molecule has 0 aliphatic carbocycles. The highest BCUT2D eigenvalue weighted by Crippen LogP contribution is 2.34. The van der Waals surface area contributed by atoms with E-state index < -0.39 is 146 Å². The fraction of sp³-hybridized carbons (Fsp3) is 0.938. The molecule has 0 aromatic carbocycles. The summed E-state index contributed by atoms with van der Waals surface area (Å²) >= 11 is 0. The second-order valence-corrected chi connectivity index (χ2v) is 33.0. The summed E-state index contributed by atoms with van der Waals surface area (Å²) in [5.74, 6) is -3.79. The molecule has 646 valence electrons. The molecule has 12 unspecified atom stereocenters. The van der Waals surface area contributed by atoms with Gasteiger partial charge in [-0.1, -0.05) is 0 Å². The zero-order valence-electron chi connectivity index (χ0n) is 67.8. The van der Waals surface area contributed by atoms with Crippen molar-refractivity contribution in [3.05, 3.63) is 0 Å². The Balaban J connectivity index is 0.000000589. The van der Waals surface area contributed by atoms with E-state index in [0.29, 0.717) is 117 Å². The van der Waals surface area contributed by atoms with E-state index in [1.807, 2.05) is 0 Å². The third-order valence-electron chi connectivity index (χ3n) is 21.7. The first-order chi connectivity index (χ1) is 54.3. The van der Waals surface area contributed by atoms with Crippen molar-refractivity contribution in [2.75, 3.05) is 159 Å². The van der Waals surface area contributed by atoms with Gasteiger partial charge in [-0.15, -0.1) is 0 Å². The van der Waals surface area contributed by atoms with E-state index in [2.05, 4.69) is 0 Å². The highest BCUT2D eigenvalue weighted by atomic mass is 16.7. The van der Waals surface area contributed by atoms with E-state index in [1.165, 1.54) is 0 Å². The lowest BCUT2D eigenvalue weighted by molar-refractivity contribution is -0.222. The zero-order valence-corrected chi connectivity index (χ0v) is 67.8. The molecule has 12 atom stereocenters. The molecule has 0 saturated carbocycles. The van der Waals surface area contributed by atoms with Gasteiger partial charge in [0.2, 0.25) is 0 Å². The first-order valence-corrected chi connectivity index (χ1v) is 42.2. The summed E-state index contributed by atoms with van der Waals surface area (Å²) in [6, 6.07) is 0. The van der Waals surface area contributed by atoms with Gasteiger partial charge in [0.15, 0.2) is 75.1 Å². The van der Waals surface area contributed by atoms with Gasteiger partial charge in [0, 0.05) is 66.1 Å². The summed E-state index contributed by atoms with van der Waals surface area (Å²) < 4.78 is 151. The Hall–Kier alpha value is -3.49. The summed E-state index contributed by atoms with van der Waals surface area (Å²) in [5, 5.41) is 9.45. The number of carboxylic acid groups (broad SMARTS) is 1. The van der Waals surface area contributed by atoms with Crippen LogP contribution in [0.15, 0.2) is 0 Å². The smallest absolute Gasteiger partial charge is 0.317 e. The van der Waals surface area contributed by atoms with Gasteiger partial charge in [-0.3, -0.25) is 24.0 Å². The number of ether oxygens (including phenoxy) is 25. The van der Waals surface area contributed by atoms with Crippen LogP contribution in [-0.2, 0) is 142 Å². The van der Waals surface area contributed by atoms with E-state index in [0.717, 1.165) is 141 Å². The summed E-state index contributed by atoms with van der Waals surface area (Å²) in [6.45, 7) is 11.4. The molecule has 0 amide bonds. The van der Waals surface area contributed by atoms with Crippen LogP contribution in [0, 0.1) is 27.1 Å². The van der Waals surface area contributed by atoms with Crippen LogP contribution in [0.25, 0.3) is 0 Å². The van der Waals surface area contributed by atoms with Crippen molar-refractivity contribution < 1.29 is 148 Å². The Kier molecular flexibility index (Phi) is 41.1. The first kappa shape index (κ1) is 92.4. The molecule has 31 heteroatoms. The third kappa shape index (κ3) is 32.7. The summed E-state index contributed by atoms with van der Waals surface area (Å²) in [7, 11) is 0. The molecule has 112 heavy (non-hydrogen) atoms. The Morgan fingerprint density at radius 1 is 0.259 bits per heavy atom. The molecule has 31 nitrogen and oxygen atoms in total. The molecule has 0 aromatic heterocycles. The standard InChI is InChI=1S/C66H110O25.C15H26O6/c1-63(41-82-51-21-5-13-29-72-51,42-83-52-22-6-14-30-73-52)59(67)80-39-49(90-61(69)65(3,45-86-55-25-9-17-33-76-55)46-87-56-26-10-18-34-77-56)37-71-38-50(91-62(70)66(4,47-88-57-27-11-19-35-78-57)48-89-58-28-12-20-36-79-58)40-81-60(68)64(2,43-84-53-23-7-15-31-74-53)44-85-54-24-8-16-32-75-54;1-15(14(16)17,10-20-12-6-2-4-8-18-12)11-21-13-7-3-5-9-19-13/h49-58H,5-48H2,1-4H3;12-13H,2-11H2,1H3,(H,16,17). The van der Waals surface area contributed by atoms with Gasteiger partial charge in [0.25, 0.3) is 0 Å². The molecule has 10 aliphatic heterocycles. The van der Waals surface area contributed by atoms with Crippen LogP contribution in [0.3, 0.4) is 0 Å². The van der Waals surface area contributed by atoms with Crippen molar-refractivity contribution in [3.63, 3.8) is 0 Å². The van der Waals surface area contributed by atoms with Crippen LogP contribution in [0.1, 0.15) is 227 Å². The molecular weight excluding hydrogens is 1470 g/mol. The molecule has 1 N–H and O–H groups in total. The topological polar surface area (TPSA) is 336 Å². The number of aliphatic carboxylic acids is 1.